The van der Waals surface area contributed by atoms with Gasteiger partial charge in [-0.15, -0.1) is 6.42 Å². The molecule has 82 valence electrons. The first-order chi connectivity index (χ1) is 6.39. The topological polar surface area (TPSA) is 29.3 Å². The normalized spacial score (nSPS) is 14.1. The summed E-state index contributed by atoms with van der Waals surface area (Å²) in [5, 5.41) is 0. The summed E-state index contributed by atoms with van der Waals surface area (Å²) in [6.07, 6.45) is 6.40. The van der Waals surface area contributed by atoms with Crippen LogP contribution in [0.2, 0.25) is 0 Å². The zero-order chi connectivity index (χ0) is 11.2. The van der Waals surface area contributed by atoms with Gasteiger partial charge in [-0.25, -0.2) is 0 Å². The van der Waals surface area contributed by atoms with E-state index in [2.05, 4.69) is 31.6 Å². The largest absolute Gasteiger partial charge is 0.330 e. The third-order valence-corrected chi connectivity index (χ3v) is 2.17. The molecule has 14 heavy (non-hydrogen) atoms. The molecule has 0 fully saturated rings. The van der Waals surface area contributed by atoms with Crippen molar-refractivity contribution in [3.63, 3.8) is 0 Å². The summed E-state index contributed by atoms with van der Waals surface area (Å²) in [5.41, 5.74) is 6.09. The first kappa shape index (κ1) is 13.5. The molecule has 2 N–H and O–H groups in total. The third-order valence-electron chi connectivity index (χ3n) is 2.17. The van der Waals surface area contributed by atoms with E-state index in [1.165, 1.54) is 0 Å². The van der Waals surface area contributed by atoms with Gasteiger partial charge in [-0.1, -0.05) is 26.7 Å². The Balaban J connectivity index is 3.98. The minimum absolute atomic E-state index is 0.348. The summed E-state index contributed by atoms with van der Waals surface area (Å²) >= 11 is 0. The first-order valence-electron chi connectivity index (χ1n) is 5.21. The highest BCUT2D eigenvalue weighted by Crippen LogP contribution is 2.24. The van der Waals surface area contributed by atoms with E-state index < -0.39 is 0 Å². The lowest BCUT2D eigenvalue weighted by atomic mass is 9.84. The van der Waals surface area contributed by atoms with Crippen molar-refractivity contribution in [3.8, 4) is 12.3 Å². The molecule has 0 saturated carbocycles. The van der Waals surface area contributed by atoms with Gasteiger partial charge < -0.3 is 5.73 Å². The zero-order valence-electron chi connectivity index (χ0n) is 10.0. The quantitative estimate of drug-likeness (QED) is 0.676. The van der Waals surface area contributed by atoms with Crippen LogP contribution in [0.25, 0.3) is 0 Å². The highest BCUT2D eigenvalue weighted by molar-refractivity contribution is 4.87. The maximum absolute atomic E-state index is 5.75. The van der Waals surface area contributed by atoms with E-state index in [1.54, 1.807) is 0 Å². The van der Waals surface area contributed by atoms with E-state index in [0.29, 0.717) is 17.9 Å². The van der Waals surface area contributed by atoms with Gasteiger partial charge in [0, 0.05) is 6.54 Å². The highest BCUT2D eigenvalue weighted by Gasteiger charge is 2.18. The van der Waals surface area contributed by atoms with Crippen molar-refractivity contribution in [1.82, 2.24) is 4.90 Å². The summed E-state index contributed by atoms with van der Waals surface area (Å²) < 4.78 is 0. The van der Waals surface area contributed by atoms with Crippen LogP contribution in [0.1, 0.15) is 27.2 Å². The molecular formula is C12H24N2. The lowest BCUT2D eigenvalue weighted by molar-refractivity contribution is 0.234. The van der Waals surface area contributed by atoms with Gasteiger partial charge >= 0.3 is 0 Å². The average Bonchev–Trinajstić information content (AvgIpc) is 2.01. The van der Waals surface area contributed by atoms with E-state index in [0.717, 1.165) is 19.5 Å². The Morgan fingerprint density at radius 2 is 2.00 bits per heavy atom. The molecule has 2 nitrogen and oxygen atoms in total. The van der Waals surface area contributed by atoms with Crippen LogP contribution in [0.5, 0.6) is 0 Å². The van der Waals surface area contributed by atoms with Crippen molar-refractivity contribution in [2.24, 2.45) is 17.1 Å². The summed E-state index contributed by atoms with van der Waals surface area (Å²) in [7, 11) is 2.05. The second-order valence-corrected chi connectivity index (χ2v) is 5.27. The minimum atomic E-state index is 0.348. The Bertz CT molecular complexity index is 185. The van der Waals surface area contributed by atoms with Gasteiger partial charge in [0.25, 0.3) is 0 Å². The van der Waals surface area contributed by atoms with Gasteiger partial charge in [0.2, 0.25) is 0 Å². The minimum Gasteiger partial charge on any atom is -0.330 e. The molecule has 0 aliphatic rings. The van der Waals surface area contributed by atoms with Crippen LogP contribution < -0.4 is 5.73 Å². The smallest absolute Gasteiger partial charge is 0.0596 e. The van der Waals surface area contributed by atoms with Crippen LogP contribution in [0, 0.1) is 23.7 Å². The van der Waals surface area contributed by atoms with Crippen molar-refractivity contribution in [3.05, 3.63) is 0 Å². The molecular weight excluding hydrogens is 172 g/mol. The van der Waals surface area contributed by atoms with E-state index in [4.69, 9.17) is 12.2 Å². The molecule has 0 heterocycles. The third kappa shape index (κ3) is 6.94. The molecule has 1 atom stereocenters. The van der Waals surface area contributed by atoms with Crippen molar-refractivity contribution in [1.29, 1.82) is 0 Å². The van der Waals surface area contributed by atoms with Gasteiger partial charge in [-0.05, 0) is 31.3 Å². The predicted octanol–water partition coefficient (Wildman–Crippen LogP) is 1.56. The number of rotatable bonds is 5. The van der Waals surface area contributed by atoms with Crippen LogP contribution in [-0.4, -0.2) is 31.6 Å². The Kier molecular flexibility index (Phi) is 5.83. The molecule has 0 amide bonds. The molecule has 0 saturated heterocycles. The molecule has 0 rings (SSSR count). The van der Waals surface area contributed by atoms with E-state index in [-0.39, 0.29) is 0 Å². The Morgan fingerprint density at radius 1 is 1.43 bits per heavy atom. The van der Waals surface area contributed by atoms with Crippen molar-refractivity contribution in [2.75, 3.05) is 26.7 Å². The molecule has 0 spiro atoms. The molecule has 0 bridgehead atoms. The van der Waals surface area contributed by atoms with Gasteiger partial charge in [-0.3, -0.25) is 4.90 Å². The molecule has 2 heteroatoms. The molecule has 0 aliphatic heterocycles. The van der Waals surface area contributed by atoms with Crippen molar-refractivity contribution < 1.29 is 0 Å². The van der Waals surface area contributed by atoms with Gasteiger partial charge in [0.15, 0.2) is 0 Å². The molecule has 0 aliphatic carbocycles. The van der Waals surface area contributed by atoms with Gasteiger partial charge in [-0.2, -0.15) is 0 Å². The molecule has 0 radical (unpaired) electrons. The lowest BCUT2D eigenvalue weighted by Crippen LogP contribution is -2.32. The van der Waals surface area contributed by atoms with Crippen LogP contribution in [0.4, 0.5) is 0 Å². The highest BCUT2D eigenvalue weighted by atomic mass is 15.1. The zero-order valence-corrected chi connectivity index (χ0v) is 10.0. The van der Waals surface area contributed by atoms with Crippen molar-refractivity contribution >= 4 is 0 Å². The van der Waals surface area contributed by atoms with Crippen LogP contribution in [0.3, 0.4) is 0 Å². The monoisotopic (exact) mass is 196 g/mol. The average molecular weight is 196 g/mol. The number of terminal acetylenes is 1. The fourth-order valence-corrected chi connectivity index (χ4v) is 1.75. The van der Waals surface area contributed by atoms with Gasteiger partial charge in [0.05, 0.1) is 6.54 Å². The van der Waals surface area contributed by atoms with Crippen molar-refractivity contribution in [2.45, 2.75) is 27.2 Å². The maximum atomic E-state index is 5.75. The second-order valence-electron chi connectivity index (χ2n) is 5.27. The predicted molar refractivity (Wildman–Crippen MR) is 62.9 cm³/mol. The Hall–Kier alpha value is -0.520. The van der Waals surface area contributed by atoms with Crippen LogP contribution in [-0.2, 0) is 0 Å². The van der Waals surface area contributed by atoms with Gasteiger partial charge in [0.1, 0.15) is 0 Å². The first-order valence-corrected chi connectivity index (χ1v) is 5.21. The Labute approximate surface area is 88.9 Å². The number of nitrogens with two attached hydrogens (primary N) is 1. The van der Waals surface area contributed by atoms with E-state index >= 15 is 0 Å². The summed E-state index contributed by atoms with van der Waals surface area (Å²) in [6.45, 7) is 9.19. The molecule has 0 aromatic carbocycles. The van der Waals surface area contributed by atoms with E-state index in [9.17, 15) is 0 Å². The fraction of sp³-hybridized carbons (Fsp3) is 0.833. The lowest BCUT2D eigenvalue weighted by Gasteiger charge is -2.27. The Morgan fingerprint density at radius 3 is 2.36 bits per heavy atom. The van der Waals surface area contributed by atoms with E-state index in [1.807, 2.05) is 7.05 Å². The standard InChI is InChI=1S/C12H24N2/c1-6-7-14(5)10-11(9-13)8-12(2,3)4/h1,11H,7-10,13H2,2-5H3. The maximum Gasteiger partial charge on any atom is 0.0596 e. The molecule has 0 aromatic heterocycles. The molecule has 0 aromatic rings. The number of hydrogen-bond donors (Lipinski definition) is 1. The SMILES string of the molecule is C#CCN(C)CC(CN)CC(C)(C)C. The number of nitrogens with zero attached hydrogens (tertiary/aromatic N) is 1. The van der Waals surface area contributed by atoms with Crippen LogP contribution in [0.15, 0.2) is 0 Å². The summed E-state index contributed by atoms with van der Waals surface area (Å²) in [6, 6.07) is 0. The summed E-state index contributed by atoms with van der Waals surface area (Å²) in [4.78, 5) is 2.16. The number of hydrogen-bond acceptors (Lipinski definition) is 2. The van der Waals surface area contributed by atoms with Crippen LogP contribution >= 0.6 is 0 Å². The fourth-order valence-electron chi connectivity index (χ4n) is 1.75. The molecule has 1 unspecified atom stereocenters. The second kappa shape index (κ2) is 6.06. The summed E-state index contributed by atoms with van der Waals surface area (Å²) in [5.74, 6) is 3.19.